The Kier molecular flexibility index (Phi) is 19.0. The van der Waals surface area contributed by atoms with Crippen molar-refractivity contribution in [3.63, 3.8) is 0 Å². The lowest BCUT2D eigenvalue weighted by Gasteiger charge is -2.48. The molecule has 3 amide bonds. The fourth-order valence-corrected chi connectivity index (χ4v) is 7.18. The fourth-order valence-electron chi connectivity index (χ4n) is 7.18. The summed E-state index contributed by atoms with van der Waals surface area (Å²) in [6, 6.07) is 20.7. The fraction of sp³-hybridized carbons (Fsp3) is 0.523. The second-order valence-electron chi connectivity index (χ2n) is 15.1. The monoisotopic (exact) mass is 809 g/mol. The van der Waals surface area contributed by atoms with Crippen molar-refractivity contribution >= 4 is 23.4 Å². The van der Waals surface area contributed by atoms with Crippen LogP contribution in [0.15, 0.2) is 72.8 Å². The Bertz CT molecular complexity index is 1700. The number of nitrogens with zero attached hydrogens (tertiary/aromatic N) is 1. The van der Waals surface area contributed by atoms with Gasteiger partial charge in [0.05, 0.1) is 37.9 Å². The summed E-state index contributed by atoms with van der Waals surface area (Å²) in [5.74, 6) is -0.357. The van der Waals surface area contributed by atoms with Crippen molar-refractivity contribution in [3.05, 3.63) is 95.3 Å². The van der Waals surface area contributed by atoms with E-state index in [1.54, 1.807) is 24.1 Å². The van der Waals surface area contributed by atoms with Gasteiger partial charge < -0.3 is 50.9 Å². The molecule has 0 radical (unpaired) electrons. The van der Waals surface area contributed by atoms with Gasteiger partial charge in [-0.15, -0.1) is 0 Å². The summed E-state index contributed by atoms with van der Waals surface area (Å²) in [7, 11) is 1.60. The molecule has 1 heterocycles. The first-order chi connectivity index (χ1) is 27.9. The van der Waals surface area contributed by atoms with E-state index >= 15 is 0 Å². The number of nitrogens with one attached hydrogen (secondary N) is 2. The highest BCUT2D eigenvalue weighted by atomic mass is 19.1. The van der Waals surface area contributed by atoms with Gasteiger partial charge in [-0.05, 0) is 78.8 Å². The topological polar surface area (TPSA) is 209 Å². The molecule has 1 saturated heterocycles. The van der Waals surface area contributed by atoms with Crippen LogP contribution in [0.5, 0.6) is 5.75 Å². The molecule has 8 N–H and O–H groups in total. The van der Waals surface area contributed by atoms with Gasteiger partial charge in [0.2, 0.25) is 17.7 Å². The number of benzene rings is 3. The van der Waals surface area contributed by atoms with Gasteiger partial charge in [-0.2, -0.15) is 0 Å². The summed E-state index contributed by atoms with van der Waals surface area (Å²) in [4.78, 5) is 39.9. The molecule has 3 aromatic rings. The number of carbonyl (C=O) groups excluding carboxylic acids is 3. The number of halogens is 1. The summed E-state index contributed by atoms with van der Waals surface area (Å²) >= 11 is 0. The van der Waals surface area contributed by atoms with Gasteiger partial charge in [0, 0.05) is 31.6 Å². The number of rotatable bonds is 26. The van der Waals surface area contributed by atoms with Crippen LogP contribution in [0.2, 0.25) is 0 Å². The maximum atomic E-state index is 13.6. The van der Waals surface area contributed by atoms with Gasteiger partial charge >= 0.3 is 0 Å². The molecule has 3 aromatic carbocycles. The highest BCUT2D eigenvalue weighted by Crippen LogP contribution is 2.46. The smallest absolute Gasteiger partial charge is 0.233 e. The predicted octanol–water partition coefficient (Wildman–Crippen LogP) is 4.12. The van der Waals surface area contributed by atoms with Gasteiger partial charge in [-0.1, -0.05) is 74.9 Å². The molecule has 14 heteroatoms. The van der Waals surface area contributed by atoms with Crippen LogP contribution in [-0.2, 0) is 20.9 Å². The van der Waals surface area contributed by atoms with E-state index in [0.717, 1.165) is 61.8 Å². The summed E-state index contributed by atoms with van der Waals surface area (Å²) in [6.45, 7) is -0.681. The van der Waals surface area contributed by atoms with Crippen molar-refractivity contribution in [1.29, 1.82) is 0 Å². The van der Waals surface area contributed by atoms with Gasteiger partial charge in [-0.25, -0.2) is 4.39 Å². The molecule has 0 spiro atoms. The number of carbonyl (C=O) groups is 3. The average molecular weight is 810 g/mol. The molecule has 1 aliphatic rings. The first-order valence-electron chi connectivity index (χ1n) is 20.3. The third-order valence-electron chi connectivity index (χ3n) is 10.8. The number of hydrogen-bond donors (Lipinski definition) is 8. The van der Waals surface area contributed by atoms with Crippen LogP contribution >= 0.6 is 0 Å². The first-order valence-corrected chi connectivity index (χ1v) is 20.3. The molecule has 0 bridgehead atoms. The molecular formula is C44H60FN3O10. The van der Waals surface area contributed by atoms with E-state index in [2.05, 4.69) is 10.6 Å². The van der Waals surface area contributed by atoms with Crippen molar-refractivity contribution in [2.45, 2.75) is 120 Å². The van der Waals surface area contributed by atoms with Gasteiger partial charge in [0.15, 0.2) is 0 Å². The van der Waals surface area contributed by atoms with Crippen molar-refractivity contribution < 1.29 is 54.2 Å². The standard InChI is InChI=1S/C44H60FN3O10/c1-58-34-22-16-31(17-23-34)41-35(24-25-36(50)30-14-18-32(45)19-15-30)44(57)48(41)33-20-12-29(13-21-33)26-46-39(53)10-8-6-4-2-3-5-7-9-11-40(54)47-27-37(51)42(55)43(56)38(52)28-49/h12-23,35-38,41-43,49-52,55-56H,2-11,24-28H2,1H3,(H,46,53)(H,47,54)/t35-,36?,37?,38-,41-,42-,43?/m1/s1. The largest absolute Gasteiger partial charge is 0.497 e. The normalized spacial score (nSPS) is 17.8. The van der Waals surface area contributed by atoms with Crippen LogP contribution in [0.4, 0.5) is 10.1 Å². The molecule has 7 atom stereocenters. The lowest BCUT2D eigenvalue weighted by atomic mass is 9.78. The van der Waals surface area contributed by atoms with Crippen LogP contribution < -0.4 is 20.3 Å². The predicted molar refractivity (Wildman–Crippen MR) is 216 cm³/mol. The number of methoxy groups -OCH3 is 1. The Hall–Kier alpha value is -4.44. The van der Waals surface area contributed by atoms with Crippen LogP contribution in [0.25, 0.3) is 0 Å². The molecule has 1 aliphatic heterocycles. The molecular weight excluding hydrogens is 749 g/mol. The highest BCUT2D eigenvalue weighted by Gasteiger charge is 2.48. The van der Waals surface area contributed by atoms with E-state index in [-0.39, 0.29) is 48.5 Å². The number of amides is 3. The van der Waals surface area contributed by atoms with Gasteiger partial charge in [-0.3, -0.25) is 14.4 Å². The second-order valence-corrected chi connectivity index (χ2v) is 15.1. The quantitative estimate of drug-likeness (QED) is 0.0430. The first kappa shape index (κ1) is 46.3. The lowest BCUT2D eigenvalue weighted by molar-refractivity contribution is -0.131. The maximum absolute atomic E-state index is 13.6. The van der Waals surface area contributed by atoms with Crippen molar-refractivity contribution in [1.82, 2.24) is 10.6 Å². The second kappa shape index (κ2) is 23.8. The minimum Gasteiger partial charge on any atom is -0.497 e. The van der Waals surface area contributed by atoms with E-state index in [1.807, 2.05) is 48.5 Å². The Balaban J connectivity index is 1.10. The van der Waals surface area contributed by atoms with Crippen molar-refractivity contribution in [2.75, 3.05) is 25.2 Å². The van der Waals surface area contributed by atoms with Crippen molar-refractivity contribution in [2.24, 2.45) is 5.92 Å². The van der Waals surface area contributed by atoms with E-state index in [0.29, 0.717) is 43.5 Å². The van der Waals surface area contributed by atoms with Crippen LogP contribution in [0.3, 0.4) is 0 Å². The number of aliphatic hydroxyl groups is 6. The number of unbranched alkanes of at least 4 members (excludes halogenated alkanes) is 7. The Labute approximate surface area is 339 Å². The molecule has 3 unspecified atom stereocenters. The SMILES string of the molecule is COc1ccc([C@@H]2[C@@H](CCC(O)c3ccc(F)cc3)C(=O)N2c2ccc(CNC(=O)CCCCCCCCCCC(=O)NCC(O)[C@@H](O)C(O)[C@H](O)CO)cc2)cc1. The number of aliphatic hydroxyl groups excluding tert-OH is 6. The van der Waals surface area contributed by atoms with Crippen LogP contribution in [0, 0.1) is 11.7 Å². The molecule has 0 saturated carbocycles. The molecule has 0 aromatic heterocycles. The van der Waals surface area contributed by atoms with Crippen LogP contribution in [-0.4, -0.2) is 93.0 Å². The Morgan fingerprint density at radius 3 is 1.86 bits per heavy atom. The highest BCUT2D eigenvalue weighted by molar-refractivity contribution is 6.03. The summed E-state index contributed by atoms with van der Waals surface area (Å²) in [6.07, 6.45) is 1.46. The Morgan fingerprint density at radius 1 is 0.741 bits per heavy atom. The minimum atomic E-state index is -1.73. The zero-order valence-corrected chi connectivity index (χ0v) is 33.2. The van der Waals surface area contributed by atoms with E-state index in [4.69, 9.17) is 9.84 Å². The average Bonchev–Trinajstić information content (AvgIpc) is 3.24. The Morgan fingerprint density at radius 2 is 1.29 bits per heavy atom. The van der Waals surface area contributed by atoms with Crippen LogP contribution in [0.1, 0.15) is 106 Å². The number of β-lactam (4-membered cyclic amide) rings is 1. The third kappa shape index (κ3) is 13.8. The maximum Gasteiger partial charge on any atom is 0.233 e. The van der Waals surface area contributed by atoms with Crippen molar-refractivity contribution in [3.8, 4) is 5.75 Å². The molecule has 0 aliphatic carbocycles. The van der Waals surface area contributed by atoms with Gasteiger partial charge in [0.25, 0.3) is 0 Å². The summed E-state index contributed by atoms with van der Waals surface area (Å²) in [5, 5.41) is 63.8. The molecule has 318 valence electrons. The van der Waals surface area contributed by atoms with E-state index in [9.17, 15) is 44.3 Å². The van der Waals surface area contributed by atoms with Gasteiger partial charge in [0.1, 0.15) is 29.9 Å². The zero-order valence-electron chi connectivity index (χ0n) is 33.2. The van der Waals surface area contributed by atoms with E-state index in [1.165, 1.54) is 12.1 Å². The van der Waals surface area contributed by atoms with E-state index < -0.39 is 37.1 Å². The third-order valence-corrected chi connectivity index (χ3v) is 10.8. The minimum absolute atomic E-state index is 0.0218. The molecule has 4 rings (SSSR count). The number of anilines is 1. The molecule has 13 nitrogen and oxygen atoms in total. The molecule has 58 heavy (non-hydrogen) atoms. The lowest BCUT2D eigenvalue weighted by Crippen LogP contribution is -2.55. The zero-order chi connectivity index (χ0) is 42.0. The summed E-state index contributed by atoms with van der Waals surface area (Å²) in [5.41, 5.74) is 3.21. The summed E-state index contributed by atoms with van der Waals surface area (Å²) < 4.78 is 18.7. The number of hydrogen-bond acceptors (Lipinski definition) is 10. The molecule has 1 fully saturated rings. The number of ether oxygens (including phenoxy) is 1.